The van der Waals surface area contributed by atoms with Crippen LogP contribution in [0.5, 0.6) is 0 Å². The summed E-state index contributed by atoms with van der Waals surface area (Å²) in [4.78, 5) is 12.3. The number of hydrogen-bond acceptors (Lipinski definition) is 3. The fourth-order valence-electron chi connectivity index (χ4n) is 2.95. The molecule has 1 aliphatic rings. The molecule has 0 spiro atoms. The third kappa shape index (κ3) is 4.80. The van der Waals surface area contributed by atoms with Crippen LogP contribution >= 0.6 is 0 Å². The lowest BCUT2D eigenvalue weighted by molar-refractivity contribution is -0.120. The molecule has 2 aromatic carbocycles. The van der Waals surface area contributed by atoms with E-state index in [-0.39, 0.29) is 11.8 Å². The van der Waals surface area contributed by atoms with Crippen molar-refractivity contribution in [3.63, 3.8) is 0 Å². The number of amides is 1. The number of sulfonamides is 1. The maximum Gasteiger partial charge on any atom is 0.236 e. The van der Waals surface area contributed by atoms with Gasteiger partial charge < -0.3 is 5.32 Å². The summed E-state index contributed by atoms with van der Waals surface area (Å²) in [6, 6.07) is 18.6. The molecule has 0 unspecified atom stereocenters. The van der Waals surface area contributed by atoms with Crippen molar-refractivity contribution in [2.75, 3.05) is 18.4 Å². The van der Waals surface area contributed by atoms with E-state index in [4.69, 9.17) is 0 Å². The van der Waals surface area contributed by atoms with Crippen LogP contribution in [0.2, 0.25) is 0 Å². The summed E-state index contributed by atoms with van der Waals surface area (Å²) in [7, 11) is -3.47. The van der Waals surface area contributed by atoms with E-state index >= 15 is 0 Å². The number of rotatable bonds is 5. The molecule has 0 radical (unpaired) electrons. The molecular weight excluding hydrogens is 348 g/mol. The molecule has 6 heteroatoms. The molecule has 0 atom stereocenters. The molecule has 2 aromatic rings. The minimum atomic E-state index is -3.47. The van der Waals surface area contributed by atoms with Gasteiger partial charge in [-0.2, -0.15) is 4.31 Å². The van der Waals surface area contributed by atoms with Crippen molar-refractivity contribution >= 4 is 27.7 Å². The van der Waals surface area contributed by atoms with Gasteiger partial charge in [0.1, 0.15) is 0 Å². The van der Waals surface area contributed by atoms with E-state index in [9.17, 15) is 13.2 Å². The number of carbonyl (C=O) groups excluding carboxylic acids is 1. The Labute approximate surface area is 154 Å². The zero-order valence-electron chi connectivity index (χ0n) is 14.4. The summed E-state index contributed by atoms with van der Waals surface area (Å²) >= 11 is 0. The van der Waals surface area contributed by atoms with Gasteiger partial charge in [-0.05, 0) is 36.6 Å². The van der Waals surface area contributed by atoms with E-state index in [0.717, 1.165) is 11.3 Å². The minimum absolute atomic E-state index is 0.0481. The highest BCUT2D eigenvalue weighted by Crippen LogP contribution is 2.22. The molecule has 0 aromatic heterocycles. The van der Waals surface area contributed by atoms with Gasteiger partial charge in [0.2, 0.25) is 15.9 Å². The van der Waals surface area contributed by atoms with Gasteiger partial charge in [0, 0.05) is 30.1 Å². The zero-order valence-corrected chi connectivity index (χ0v) is 15.2. The number of nitrogens with one attached hydrogen (secondary N) is 1. The highest BCUT2D eigenvalue weighted by atomic mass is 32.2. The molecule has 1 N–H and O–H groups in total. The normalized spacial score (nSPS) is 16.6. The minimum Gasteiger partial charge on any atom is -0.326 e. The van der Waals surface area contributed by atoms with Gasteiger partial charge in [0.05, 0.1) is 0 Å². The SMILES string of the molecule is O=C(Nc1ccccc1)C1CCN(S(=O)(=O)/C=C/c2ccccc2)CC1. The Kier molecular flexibility index (Phi) is 5.85. The number of benzene rings is 2. The van der Waals surface area contributed by atoms with E-state index < -0.39 is 10.0 Å². The quantitative estimate of drug-likeness (QED) is 0.878. The third-order valence-electron chi connectivity index (χ3n) is 4.46. The summed E-state index contributed by atoms with van der Waals surface area (Å²) in [5.74, 6) is -0.215. The van der Waals surface area contributed by atoms with E-state index in [0.29, 0.717) is 25.9 Å². The fraction of sp³-hybridized carbons (Fsp3) is 0.250. The topological polar surface area (TPSA) is 66.5 Å². The highest BCUT2D eigenvalue weighted by molar-refractivity contribution is 7.92. The van der Waals surface area contributed by atoms with Gasteiger partial charge >= 0.3 is 0 Å². The summed E-state index contributed by atoms with van der Waals surface area (Å²) in [6.45, 7) is 0.711. The smallest absolute Gasteiger partial charge is 0.236 e. The Morgan fingerprint density at radius 1 is 0.962 bits per heavy atom. The highest BCUT2D eigenvalue weighted by Gasteiger charge is 2.29. The Hall–Kier alpha value is -2.44. The molecule has 1 amide bonds. The summed E-state index contributed by atoms with van der Waals surface area (Å²) in [5.41, 5.74) is 1.60. The predicted molar refractivity (Wildman–Crippen MR) is 104 cm³/mol. The molecule has 1 saturated heterocycles. The molecule has 5 nitrogen and oxygen atoms in total. The maximum atomic E-state index is 12.5. The molecule has 0 bridgehead atoms. The Balaban J connectivity index is 1.55. The lowest BCUT2D eigenvalue weighted by Crippen LogP contribution is -2.40. The number of anilines is 1. The van der Waals surface area contributed by atoms with Gasteiger partial charge in [0.15, 0.2) is 0 Å². The number of para-hydroxylation sites is 1. The second kappa shape index (κ2) is 8.29. The van der Waals surface area contributed by atoms with Crippen LogP contribution in [-0.2, 0) is 14.8 Å². The van der Waals surface area contributed by atoms with Crippen LogP contribution in [0.15, 0.2) is 66.1 Å². The van der Waals surface area contributed by atoms with Gasteiger partial charge in [-0.15, -0.1) is 0 Å². The second-order valence-electron chi connectivity index (χ2n) is 6.29. The zero-order chi connectivity index (χ0) is 18.4. The summed E-state index contributed by atoms with van der Waals surface area (Å²) in [5, 5.41) is 4.13. The molecular formula is C20H22N2O3S. The monoisotopic (exact) mass is 370 g/mol. The van der Waals surface area contributed by atoms with Crippen LogP contribution < -0.4 is 5.32 Å². The fourth-order valence-corrected chi connectivity index (χ4v) is 4.17. The van der Waals surface area contributed by atoms with Crippen molar-refractivity contribution in [3.8, 4) is 0 Å². The van der Waals surface area contributed by atoms with Gasteiger partial charge in [-0.1, -0.05) is 48.5 Å². The molecule has 1 heterocycles. The van der Waals surface area contributed by atoms with Gasteiger partial charge in [-0.25, -0.2) is 8.42 Å². The Morgan fingerprint density at radius 3 is 2.15 bits per heavy atom. The van der Waals surface area contributed by atoms with Crippen molar-refractivity contribution in [2.24, 2.45) is 5.92 Å². The summed E-state index contributed by atoms with van der Waals surface area (Å²) in [6.07, 6.45) is 2.65. The molecule has 1 fully saturated rings. The molecule has 26 heavy (non-hydrogen) atoms. The van der Waals surface area contributed by atoms with Crippen LogP contribution in [0, 0.1) is 5.92 Å². The van der Waals surface area contributed by atoms with Crippen LogP contribution in [-0.4, -0.2) is 31.7 Å². The predicted octanol–water partition coefficient (Wildman–Crippen LogP) is 3.34. The van der Waals surface area contributed by atoms with E-state index in [1.807, 2.05) is 60.7 Å². The van der Waals surface area contributed by atoms with Crippen LogP contribution in [0.4, 0.5) is 5.69 Å². The van der Waals surface area contributed by atoms with Crippen LogP contribution in [0.1, 0.15) is 18.4 Å². The standard InChI is InChI=1S/C20H22N2O3S/c23-20(21-19-9-5-2-6-10-19)18-11-14-22(15-12-18)26(24,25)16-13-17-7-3-1-4-8-17/h1-10,13,16,18H,11-12,14-15H2,(H,21,23)/b16-13+. The van der Waals surface area contributed by atoms with Gasteiger partial charge in [0.25, 0.3) is 0 Å². The largest absolute Gasteiger partial charge is 0.326 e. The van der Waals surface area contributed by atoms with Crippen molar-refractivity contribution in [1.29, 1.82) is 0 Å². The Bertz CT molecular complexity index is 856. The first-order valence-corrected chi connectivity index (χ1v) is 10.1. The van der Waals surface area contributed by atoms with Crippen LogP contribution in [0.3, 0.4) is 0 Å². The summed E-state index contributed by atoms with van der Waals surface area (Å²) < 4.78 is 26.4. The average Bonchev–Trinajstić information content (AvgIpc) is 2.68. The average molecular weight is 370 g/mol. The molecule has 0 aliphatic carbocycles. The first kappa shape index (κ1) is 18.4. The lowest BCUT2D eigenvalue weighted by Gasteiger charge is -2.29. The number of nitrogens with zero attached hydrogens (tertiary/aromatic N) is 1. The van der Waals surface area contributed by atoms with Crippen molar-refractivity contribution in [3.05, 3.63) is 71.6 Å². The number of piperidine rings is 1. The first-order valence-electron chi connectivity index (χ1n) is 8.64. The van der Waals surface area contributed by atoms with Crippen molar-refractivity contribution < 1.29 is 13.2 Å². The third-order valence-corrected chi connectivity index (χ3v) is 6.02. The van der Waals surface area contributed by atoms with E-state index in [1.165, 1.54) is 9.71 Å². The first-order chi connectivity index (χ1) is 12.5. The number of hydrogen-bond donors (Lipinski definition) is 1. The van der Waals surface area contributed by atoms with Gasteiger partial charge in [-0.3, -0.25) is 4.79 Å². The molecule has 0 saturated carbocycles. The molecule has 3 rings (SSSR count). The molecule has 1 aliphatic heterocycles. The van der Waals surface area contributed by atoms with Crippen LogP contribution in [0.25, 0.3) is 6.08 Å². The van der Waals surface area contributed by atoms with E-state index in [2.05, 4.69) is 5.32 Å². The number of carbonyl (C=O) groups is 1. The van der Waals surface area contributed by atoms with Crippen molar-refractivity contribution in [1.82, 2.24) is 4.31 Å². The van der Waals surface area contributed by atoms with Crippen molar-refractivity contribution in [2.45, 2.75) is 12.8 Å². The molecule has 136 valence electrons. The lowest BCUT2D eigenvalue weighted by atomic mass is 9.97. The van der Waals surface area contributed by atoms with E-state index in [1.54, 1.807) is 6.08 Å². The Morgan fingerprint density at radius 2 is 1.54 bits per heavy atom. The second-order valence-corrected chi connectivity index (χ2v) is 8.11. The maximum absolute atomic E-state index is 12.5.